The van der Waals surface area contributed by atoms with Gasteiger partial charge in [0.15, 0.2) is 17.2 Å². The Hall–Kier alpha value is -2.85. The van der Waals surface area contributed by atoms with Gasteiger partial charge in [0.05, 0.1) is 11.3 Å². The molecule has 29 heavy (non-hydrogen) atoms. The number of aromatic nitrogens is 5. The first kappa shape index (κ1) is 18.2. The third-order valence-electron chi connectivity index (χ3n) is 4.32. The van der Waals surface area contributed by atoms with Crippen LogP contribution < -0.4 is 0 Å². The number of benzene rings is 1. The zero-order valence-corrected chi connectivity index (χ0v) is 16.8. The predicted molar refractivity (Wildman–Crippen MR) is 108 cm³/mol. The number of thiazole rings is 1. The molecule has 0 aliphatic heterocycles. The van der Waals surface area contributed by atoms with Crippen molar-refractivity contribution < 1.29 is 13.2 Å². The molecule has 10 heteroatoms. The van der Waals surface area contributed by atoms with Gasteiger partial charge in [-0.3, -0.25) is 0 Å². The maximum Gasteiger partial charge on any atom is 0.434 e. The van der Waals surface area contributed by atoms with Gasteiger partial charge in [-0.15, -0.1) is 16.4 Å². The van der Waals surface area contributed by atoms with Gasteiger partial charge in [-0.1, -0.05) is 28.1 Å². The highest BCUT2D eigenvalue weighted by atomic mass is 79.9. The summed E-state index contributed by atoms with van der Waals surface area (Å²) in [7, 11) is 0. The second-order valence-corrected chi connectivity index (χ2v) is 7.94. The van der Waals surface area contributed by atoms with Crippen molar-refractivity contribution in [3.63, 3.8) is 0 Å². The lowest BCUT2D eigenvalue weighted by molar-refractivity contribution is -0.140. The van der Waals surface area contributed by atoms with E-state index >= 15 is 0 Å². The molecule has 5 nitrogen and oxygen atoms in total. The van der Waals surface area contributed by atoms with Crippen LogP contribution in [0.3, 0.4) is 0 Å². The summed E-state index contributed by atoms with van der Waals surface area (Å²) >= 11 is 4.70. The van der Waals surface area contributed by atoms with E-state index in [0.717, 1.165) is 15.7 Å². The van der Waals surface area contributed by atoms with Crippen LogP contribution in [0.15, 0.2) is 58.5 Å². The molecule has 0 saturated carbocycles. The van der Waals surface area contributed by atoms with Crippen LogP contribution in [-0.2, 0) is 6.18 Å². The van der Waals surface area contributed by atoms with Crippen LogP contribution in [0.5, 0.6) is 0 Å². The zero-order valence-electron chi connectivity index (χ0n) is 14.4. The van der Waals surface area contributed by atoms with Gasteiger partial charge in [0, 0.05) is 27.0 Å². The molecule has 0 fully saturated rings. The minimum absolute atomic E-state index is 0.0270. The summed E-state index contributed by atoms with van der Waals surface area (Å²) in [6.45, 7) is 0. The first-order valence-corrected chi connectivity index (χ1v) is 10.0. The summed E-state index contributed by atoms with van der Waals surface area (Å²) in [6.07, 6.45) is -3.25. The smallest absolute Gasteiger partial charge is 0.237 e. The van der Waals surface area contributed by atoms with E-state index in [9.17, 15) is 13.2 Å². The number of alkyl halides is 3. The highest BCUT2D eigenvalue weighted by molar-refractivity contribution is 9.10. The number of rotatable bonds is 2. The van der Waals surface area contributed by atoms with Gasteiger partial charge in [-0.25, -0.2) is 14.5 Å². The highest BCUT2D eigenvalue weighted by Crippen LogP contribution is 2.37. The van der Waals surface area contributed by atoms with Crippen LogP contribution in [-0.4, -0.2) is 24.6 Å². The maximum atomic E-state index is 13.7. The molecule has 1 aromatic carbocycles. The quantitative estimate of drug-likeness (QED) is 0.321. The largest absolute Gasteiger partial charge is 0.434 e. The van der Waals surface area contributed by atoms with Crippen molar-refractivity contribution in [1.82, 2.24) is 24.6 Å². The van der Waals surface area contributed by atoms with Gasteiger partial charge in [0.1, 0.15) is 0 Å². The molecule has 0 radical (unpaired) electrons. The number of halogens is 4. The molecule has 4 heterocycles. The molecule has 144 valence electrons. The summed E-state index contributed by atoms with van der Waals surface area (Å²) in [5, 5.41) is 6.72. The fourth-order valence-electron chi connectivity index (χ4n) is 3.01. The van der Waals surface area contributed by atoms with Gasteiger partial charge in [0.2, 0.25) is 4.96 Å². The minimum Gasteiger partial charge on any atom is -0.237 e. The van der Waals surface area contributed by atoms with Crippen molar-refractivity contribution in [2.45, 2.75) is 6.18 Å². The maximum absolute atomic E-state index is 13.7. The van der Waals surface area contributed by atoms with Crippen molar-refractivity contribution in [3.05, 3.63) is 64.2 Å². The Morgan fingerprint density at radius 1 is 1.03 bits per heavy atom. The van der Waals surface area contributed by atoms with E-state index in [-0.39, 0.29) is 17.0 Å². The van der Waals surface area contributed by atoms with E-state index < -0.39 is 11.9 Å². The molecule has 0 aliphatic rings. The number of pyridine rings is 2. The molecule has 0 unspecified atom stereocenters. The molecule has 0 saturated heterocycles. The molecular weight excluding hydrogens is 467 g/mol. The molecule has 0 bridgehead atoms. The van der Waals surface area contributed by atoms with Crippen LogP contribution in [0.2, 0.25) is 0 Å². The van der Waals surface area contributed by atoms with Crippen molar-refractivity contribution in [2.24, 2.45) is 0 Å². The molecule has 0 aliphatic carbocycles. The van der Waals surface area contributed by atoms with Gasteiger partial charge >= 0.3 is 6.18 Å². The van der Waals surface area contributed by atoms with Crippen molar-refractivity contribution in [1.29, 1.82) is 0 Å². The van der Waals surface area contributed by atoms with E-state index in [1.54, 1.807) is 16.6 Å². The summed E-state index contributed by atoms with van der Waals surface area (Å²) in [6, 6.07) is 12.3. The topological polar surface area (TPSA) is 56.0 Å². The molecule has 0 amide bonds. The van der Waals surface area contributed by atoms with Gasteiger partial charge in [-0.2, -0.15) is 18.2 Å². The number of hydrogen-bond acceptors (Lipinski definition) is 5. The second-order valence-electron chi connectivity index (χ2n) is 6.19. The molecule has 0 N–H and O–H groups in total. The van der Waals surface area contributed by atoms with Crippen LogP contribution in [0.25, 0.3) is 38.6 Å². The third-order valence-corrected chi connectivity index (χ3v) is 5.67. The summed E-state index contributed by atoms with van der Waals surface area (Å²) in [4.78, 5) is 12.5. The van der Waals surface area contributed by atoms with E-state index in [0.29, 0.717) is 10.3 Å². The van der Waals surface area contributed by atoms with Gasteiger partial charge < -0.3 is 0 Å². The Bertz CT molecular complexity index is 1360. The van der Waals surface area contributed by atoms with E-state index in [1.165, 1.54) is 23.6 Å². The molecular formula is C19H9BrF3N5S. The standard InChI is InChI=1S/C19H9BrF3N5S/c20-12-5-3-10(4-6-12)14-9-29-18-26-17(27-28(14)18)13-8-11-2-1-7-24-16(11)25-15(13)19(21,22)23/h1-9H. The lowest BCUT2D eigenvalue weighted by Gasteiger charge is -2.10. The molecule has 5 rings (SSSR count). The lowest BCUT2D eigenvalue weighted by Crippen LogP contribution is -2.11. The van der Waals surface area contributed by atoms with Crippen molar-refractivity contribution in [2.75, 3.05) is 0 Å². The Balaban J connectivity index is 1.71. The number of nitrogens with zero attached hydrogens (tertiary/aromatic N) is 5. The van der Waals surface area contributed by atoms with E-state index in [2.05, 4.69) is 36.0 Å². The summed E-state index contributed by atoms with van der Waals surface area (Å²) in [5.74, 6) is -0.0270. The van der Waals surface area contributed by atoms with Crippen molar-refractivity contribution >= 4 is 43.3 Å². The van der Waals surface area contributed by atoms with Crippen LogP contribution in [0.4, 0.5) is 13.2 Å². The lowest BCUT2D eigenvalue weighted by atomic mass is 10.1. The third kappa shape index (κ3) is 3.18. The van der Waals surface area contributed by atoms with Gasteiger partial charge in [-0.05, 0) is 30.3 Å². The first-order valence-electron chi connectivity index (χ1n) is 8.34. The molecule has 4 aromatic heterocycles. The van der Waals surface area contributed by atoms with E-state index in [1.807, 2.05) is 29.6 Å². The fourth-order valence-corrected chi connectivity index (χ4v) is 4.10. The van der Waals surface area contributed by atoms with Crippen LogP contribution in [0.1, 0.15) is 5.69 Å². The summed E-state index contributed by atoms with van der Waals surface area (Å²) in [5.41, 5.74) is 0.441. The monoisotopic (exact) mass is 475 g/mol. The molecule has 0 atom stereocenters. The van der Waals surface area contributed by atoms with Gasteiger partial charge in [0.25, 0.3) is 0 Å². The van der Waals surface area contributed by atoms with Crippen molar-refractivity contribution in [3.8, 4) is 22.6 Å². The van der Waals surface area contributed by atoms with Crippen LogP contribution >= 0.6 is 27.3 Å². The predicted octanol–water partition coefficient (Wildman–Crippen LogP) is 5.85. The first-order chi connectivity index (χ1) is 13.9. The normalized spacial score (nSPS) is 12.1. The number of fused-ring (bicyclic) bond motifs is 2. The Kier molecular flexibility index (Phi) is 4.14. The average molecular weight is 476 g/mol. The Morgan fingerprint density at radius 3 is 2.59 bits per heavy atom. The Morgan fingerprint density at radius 2 is 1.83 bits per heavy atom. The molecule has 5 aromatic rings. The number of hydrogen-bond donors (Lipinski definition) is 0. The Labute approximate surface area is 174 Å². The zero-order chi connectivity index (χ0) is 20.2. The average Bonchev–Trinajstić information content (AvgIpc) is 3.28. The second kappa shape index (κ2) is 6.60. The summed E-state index contributed by atoms with van der Waals surface area (Å²) < 4.78 is 43.5. The highest BCUT2D eigenvalue weighted by Gasteiger charge is 2.37. The van der Waals surface area contributed by atoms with Crippen LogP contribution in [0, 0.1) is 0 Å². The minimum atomic E-state index is -4.66. The fraction of sp³-hybridized carbons (Fsp3) is 0.0526. The SMILES string of the molecule is FC(F)(F)c1nc2ncccc2cc1-c1nc2scc(-c3ccc(Br)cc3)n2n1. The molecule has 0 spiro atoms. The van der Waals surface area contributed by atoms with E-state index in [4.69, 9.17) is 0 Å².